The van der Waals surface area contributed by atoms with Crippen LogP contribution in [0, 0.1) is 0 Å². The van der Waals surface area contributed by atoms with Crippen molar-refractivity contribution in [3.63, 3.8) is 0 Å². The monoisotopic (exact) mass is 390 g/mol. The lowest BCUT2D eigenvalue weighted by molar-refractivity contribution is 0.0733. The summed E-state index contributed by atoms with van der Waals surface area (Å²) in [5.41, 5.74) is 1.28. The Kier molecular flexibility index (Phi) is 10.8. The van der Waals surface area contributed by atoms with E-state index in [9.17, 15) is 9.59 Å². The zero-order chi connectivity index (χ0) is 21.1. The van der Waals surface area contributed by atoms with Gasteiger partial charge in [-0.3, -0.25) is 9.59 Å². The second-order valence-corrected chi connectivity index (χ2v) is 7.77. The van der Waals surface area contributed by atoms with Crippen LogP contribution in [-0.4, -0.2) is 98.9 Å². The molecule has 0 aromatic heterocycles. The standard InChI is InChI=1S/C22H38N4O2/c1-7-13-25(17-15-23(3)4)21(27)19-9-11-20(12-10-19)22(28)26(14-8-2)18-16-24(5)6/h9-12H,7-8,13-18H2,1-6H3. The summed E-state index contributed by atoms with van der Waals surface area (Å²) in [6, 6.07) is 7.13. The third-order valence-corrected chi connectivity index (χ3v) is 4.57. The van der Waals surface area contributed by atoms with Crippen LogP contribution >= 0.6 is 0 Å². The molecule has 0 spiro atoms. The Hall–Kier alpha value is -1.92. The molecule has 1 rings (SSSR count). The van der Waals surface area contributed by atoms with Crippen LogP contribution in [0.4, 0.5) is 0 Å². The maximum Gasteiger partial charge on any atom is 0.253 e. The summed E-state index contributed by atoms with van der Waals surface area (Å²) < 4.78 is 0. The van der Waals surface area contributed by atoms with Gasteiger partial charge >= 0.3 is 0 Å². The molecular formula is C22H38N4O2. The largest absolute Gasteiger partial charge is 0.337 e. The topological polar surface area (TPSA) is 47.1 Å². The highest BCUT2D eigenvalue weighted by atomic mass is 16.2. The fraction of sp³-hybridized carbons (Fsp3) is 0.636. The van der Waals surface area contributed by atoms with E-state index in [1.54, 1.807) is 24.3 Å². The molecule has 0 radical (unpaired) electrons. The van der Waals surface area contributed by atoms with Crippen molar-refractivity contribution in [1.82, 2.24) is 19.6 Å². The van der Waals surface area contributed by atoms with Crippen LogP contribution in [0.25, 0.3) is 0 Å². The first-order valence-corrected chi connectivity index (χ1v) is 10.3. The minimum Gasteiger partial charge on any atom is -0.337 e. The van der Waals surface area contributed by atoms with Gasteiger partial charge in [0.25, 0.3) is 11.8 Å². The average molecular weight is 391 g/mol. The summed E-state index contributed by atoms with van der Waals surface area (Å²) in [5, 5.41) is 0. The van der Waals surface area contributed by atoms with Gasteiger partial charge in [-0.05, 0) is 65.3 Å². The van der Waals surface area contributed by atoms with Crippen LogP contribution in [-0.2, 0) is 0 Å². The molecule has 0 fully saturated rings. The highest BCUT2D eigenvalue weighted by molar-refractivity contribution is 5.97. The summed E-state index contributed by atoms with van der Waals surface area (Å²) in [4.78, 5) is 33.6. The van der Waals surface area contributed by atoms with E-state index < -0.39 is 0 Å². The number of amides is 2. The molecule has 0 bridgehead atoms. The van der Waals surface area contributed by atoms with Crippen molar-refractivity contribution in [2.45, 2.75) is 26.7 Å². The smallest absolute Gasteiger partial charge is 0.253 e. The minimum atomic E-state index is 0.0284. The zero-order valence-electron chi connectivity index (χ0n) is 18.6. The number of hydrogen-bond acceptors (Lipinski definition) is 4. The summed E-state index contributed by atoms with van der Waals surface area (Å²) in [6.45, 7) is 8.70. The molecule has 0 N–H and O–H groups in total. The minimum absolute atomic E-state index is 0.0284. The van der Waals surface area contributed by atoms with Crippen molar-refractivity contribution in [1.29, 1.82) is 0 Å². The van der Waals surface area contributed by atoms with Crippen LogP contribution in [0.1, 0.15) is 47.4 Å². The number of nitrogens with zero attached hydrogens (tertiary/aromatic N) is 4. The van der Waals surface area contributed by atoms with Gasteiger partial charge in [-0.1, -0.05) is 13.8 Å². The maximum atomic E-state index is 12.8. The van der Waals surface area contributed by atoms with Crippen molar-refractivity contribution in [2.75, 3.05) is 67.5 Å². The Bertz CT molecular complexity index is 546. The predicted molar refractivity (Wildman–Crippen MR) is 116 cm³/mol. The quantitative estimate of drug-likeness (QED) is 0.550. The van der Waals surface area contributed by atoms with Crippen LogP contribution < -0.4 is 0 Å². The van der Waals surface area contributed by atoms with E-state index in [0.29, 0.717) is 24.2 Å². The Balaban J connectivity index is 2.86. The molecule has 0 aliphatic carbocycles. The van der Waals surface area contributed by atoms with Gasteiger partial charge in [0.05, 0.1) is 0 Å². The Morgan fingerprint density at radius 1 is 0.607 bits per heavy atom. The number of carbonyl (C=O) groups is 2. The average Bonchev–Trinajstić information content (AvgIpc) is 2.67. The molecule has 2 amide bonds. The van der Waals surface area contributed by atoms with E-state index in [2.05, 4.69) is 23.6 Å². The van der Waals surface area contributed by atoms with E-state index in [1.165, 1.54) is 0 Å². The lowest BCUT2D eigenvalue weighted by atomic mass is 10.1. The van der Waals surface area contributed by atoms with E-state index in [4.69, 9.17) is 0 Å². The molecule has 0 aliphatic heterocycles. The van der Waals surface area contributed by atoms with Crippen LogP contribution in [0.15, 0.2) is 24.3 Å². The summed E-state index contributed by atoms with van der Waals surface area (Å²) in [6.07, 6.45) is 1.85. The molecule has 158 valence electrons. The molecule has 1 aromatic carbocycles. The zero-order valence-corrected chi connectivity index (χ0v) is 18.6. The second-order valence-electron chi connectivity index (χ2n) is 7.77. The maximum absolute atomic E-state index is 12.8. The van der Waals surface area contributed by atoms with Gasteiger partial charge in [-0.15, -0.1) is 0 Å². The lowest BCUT2D eigenvalue weighted by Crippen LogP contribution is -2.38. The first kappa shape index (κ1) is 24.1. The highest BCUT2D eigenvalue weighted by Crippen LogP contribution is 2.11. The van der Waals surface area contributed by atoms with Crippen LogP contribution in [0.5, 0.6) is 0 Å². The predicted octanol–water partition coefficient (Wildman–Crippen LogP) is 2.51. The van der Waals surface area contributed by atoms with Gasteiger partial charge in [-0.25, -0.2) is 0 Å². The van der Waals surface area contributed by atoms with Gasteiger partial charge in [0, 0.05) is 50.4 Å². The van der Waals surface area contributed by atoms with Crippen molar-refractivity contribution in [3.05, 3.63) is 35.4 Å². The molecule has 0 heterocycles. The molecule has 0 saturated heterocycles. The summed E-state index contributed by atoms with van der Waals surface area (Å²) in [5.74, 6) is 0.0569. The fourth-order valence-corrected chi connectivity index (χ4v) is 2.93. The summed E-state index contributed by atoms with van der Waals surface area (Å²) >= 11 is 0. The van der Waals surface area contributed by atoms with Gasteiger partial charge in [0.15, 0.2) is 0 Å². The Morgan fingerprint density at radius 2 is 0.929 bits per heavy atom. The van der Waals surface area contributed by atoms with Crippen molar-refractivity contribution < 1.29 is 9.59 Å². The van der Waals surface area contributed by atoms with Gasteiger partial charge in [0.2, 0.25) is 0 Å². The van der Waals surface area contributed by atoms with Gasteiger partial charge in [-0.2, -0.15) is 0 Å². The van der Waals surface area contributed by atoms with Crippen molar-refractivity contribution in [2.24, 2.45) is 0 Å². The molecule has 6 heteroatoms. The molecule has 0 atom stereocenters. The first-order valence-electron chi connectivity index (χ1n) is 10.3. The number of carbonyl (C=O) groups excluding carboxylic acids is 2. The molecule has 6 nitrogen and oxygen atoms in total. The first-order chi connectivity index (χ1) is 13.3. The van der Waals surface area contributed by atoms with Gasteiger partial charge in [0.1, 0.15) is 0 Å². The molecule has 0 aliphatic rings. The van der Waals surface area contributed by atoms with Crippen LogP contribution in [0.2, 0.25) is 0 Å². The SMILES string of the molecule is CCCN(CCN(C)C)C(=O)c1ccc(C(=O)N(CCC)CCN(C)C)cc1. The fourth-order valence-electron chi connectivity index (χ4n) is 2.93. The molecule has 28 heavy (non-hydrogen) atoms. The molecule has 1 aromatic rings. The second kappa shape index (κ2) is 12.5. The number of hydrogen-bond donors (Lipinski definition) is 0. The highest BCUT2D eigenvalue weighted by Gasteiger charge is 2.18. The third kappa shape index (κ3) is 7.98. The summed E-state index contributed by atoms with van der Waals surface area (Å²) in [7, 11) is 8.03. The number of rotatable bonds is 12. The van der Waals surface area contributed by atoms with E-state index in [0.717, 1.165) is 39.0 Å². The van der Waals surface area contributed by atoms with Crippen molar-refractivity contribution >= 4 is 11.8 Å². The number of likely N-dealkylation sites (N-methyl/N-ethyl adjacent to an activating group) is 2. The number of benzene rings is 1. The van der Waals surface area contributed by atoms with E-state index in [1.807, 2.05) is 38.0 Å². The Morgan fingerprint density at radius 3 is 1.18 bits per heavy atom. The third-order valence-electron chi connectivity index (χ3n) is 4.57. The van der Waals surface area contributed by atoms with Crippen molar-refractivity contribution in [3.8, 4) is 0 Å². The molecule has 0 unspecified atom stereocenters. The lowest BCUT2D eigenvalue weighted by Gasteiger charge is -2.25. The van der Waals surface area contributed by atoms with Crippen LogP contribution in [0.3, 0.4) is 0 Å². The van der Waals surface area contributed by atoms with Gasteiger partial charge < -0.3 is 19.6 Å². The molecule has 0 saturated carbocycles. The van der Waals surface area contributed by atoms with E-state index in [-0.39, 0.29) is 11.8 Å². The normalized spacial score (nSPS) is 11.1. The van der Waals surface area contributed by atoms with E-state index >= 15 is 0 Å². The Labute approximate surface area is 171 Å². The molecular weight excluding hydrogens is 352 g/mol.